The molecule has 0 aromatic heterocycles. The number of benzene rings is 3. The van der Waals surface area contributed by atoms with E-state index in [4.69, 9.17) is 4.74 Å². The van der Waals surface area contributed by atoms with Crippen LogP contribution in [-0.4, -0.2) is 18.4 Å². The first-order valence-corrected chi connectivity index (χ1v) is 9.06. The molecule has 0 aliphatic rings. The van der Waals surface area contributed by atoms with Crippen molar-refractivity contribution in [1.29, 1.82) is 0 Å². The van der Waals surface area contributed by atoms with Gasteiger partial charge in [-0.1, -0.05) is 52.3 Å². The summed E-state index contributed by atoms with van der Waals surface area (Å²) in [5.74, 6) is -0.721. The minimum Gasteiger partial charge on any atom is -0.454 e. The Balaban J connectivity index is 1.78. The van der Waals surface area contributed by atoms with Crippen molar-refractivity contribution < 1.29 is 14.3 Å². The van der Waals surface area contributed by atoms with Crippen LogP contribution in [0.25, 0.3) is 10.8 Å². The molecule has 0 aliphatic heterocycles. The molecule has 5 heteroatoms. The summed E-state index contributed by atoms with van der Waals surface area (Å²) in [4.78, 5) is 24.5. The molecule has 0 saturated heterocycles. The van der Waals surface area contributed by atoms with E-state index in [9.17, 15) is 9.59 Å². The van der Waals surface area contributed by atoms with Gasteiger partial charge < -0.3 is 4.74 Å². The lowest BCUT2D eigenvalue weighted by Crippen LogP contribution is -2.14. The van der Waals surface area contributed by atoms with E-state index < -0.39 is 5.97 Å². The molecule has 120 valence electrons. The number of rotatable bonds is 4. The van der Waals surface area contributed by atoms with Gasteiger partial charge in [0.15, 0.2) is 12.4 Å². The molecule has 0 bridgehead atoms. The van der Waals surface area contributed by atoms with E-state index in [0.717, 1.165) is 18.8 Å². The van der Waals surface area contributed by atoms with E-state index in [1.165, 1.54) is 0 Å². The zero-order valence-electron chi connectivity index (χ0n) is 12.5. The van der Waals surface area contributed by atoms with Crippen molar-refractivity contribution in [3.63, 3.8) is 0 Å². The van der Waals surface area contributed by atoms with Crippen molar-refractivity contribution in [1.82, 2.24) is 0 Å². The summed E-state index contributed by atoms with van der Waals surface area (Å²) in [6.07, 6.45) is 0. The highest BCUT2D eigenvalue weighted by Crippen LogP contribution is 2.25. The Hall–Kier alpha value is -1.73. The average Bonchev–Trinajstić information content (AvgIpc) is 2.60. The number of hydrogen-bond donors (Lipinski definition) is 0. The van der Waals surface area contributed by atoms with E-state index in [1.807, 2.05) is 30.3 Å². The van der Waals surface area contributed by atoms with Gasteiger partial charge in [-0.15, -0.1) is 0 Å². The number of hydrogen-bond acceptors (Lipinski definition) is 3. The van der Waals surface area contributed by atoms with Gasteiger partial charge in [0.1, 0.15) is 0 Å². The van der Waals surface area contributed by atoms with Crippen molar-refractivity contribution >= 4 is 61.0 Å². The third kappa shape index (κ3) is 3.67. The third-order valence-corrected chi connectivity index (χ3v) is 5.00. The lowest BCUT2D eigenvalue weighted by atomic mass is 10.0. The molecule has 0 N–H and O–H groups in total. The normalized spacial score (nSPS) is 10.6. The van der Waals surface area contributed by atoms with E-state index in [2.05, 4.69) is 38.5 Å². The van der Waals surface area contributed by atoms with Crippen molar-refractivity contribution in [2.75, 3.05) is 6.61 Å². The Kier molecular flexibility index (Phi) is 5.30. The molecule has 0 unspecified atom stereocenters. The molecular weight excluding hydrogens is 483 g/mol. The van der Waals surface area contributed by atoms with Crippen LogP contribution in [0.15, 0.2) is 65.1 Å². The Bertz CT molecular complexity index is 914. The largest absolute Gasteiger partial charge is 0.454 e. The maximum Gasteiger partial charge on any atom is 0.339 e. The van der Waals surface area contributed by atoms with Crippen LogP contribution in [-0.2, 0) is 4.74 Å². The van der Waals surface area contributed by atoms with Crippen LogP contribution in [0, 0.1) is 3.57 Å². The van der Waals surface area contributed by atoms with Gasteiger partial charge in [0, 0.05) is 19.0 Å². The maximum absolute atomic E-state index is 12.4. The molecule has 3 aromatic carbocycles. The van der Waals surface area contributed by atoms with Gasteiger partial charge >= 0.3 is 5.97 Å². The molecule has 0 spiro atoms. The Morgan fingerprint density at radius 2 is 1.62 bits per heavy atom. The molecule has 0 atom stereocenters. The van der Waals surface area contributed by atoms with Gasteiger partial charge in [-0.3, -0.25) is 4.79 Å². The average molecular weight is 495 g/mol. The fraction of sp³-hybridized carbons (Fsp3) is 0.0526. The second kappa shape index (κ2) is 7.44. The summed E-state index contributed by atoms with van der Waals surface area (Å²) in [6.45, 7) is -0.278. The molecular formula is C19H12BrIO3. The first-order valence-electron chi connectivity index (χ1n) is 7.19. The van der Waals surface area contributed by atoms with Crippen LogP contribution in [0.2, 0.25) is 0 Å². The van der Waals surface area contributed by atoms with Crippen molar-refractivity contribution in [2.45, 2.75) is 0 Å². The molecule has 0 fully saturated rings. The highest BCUT2D eigenvalue weighted by molar-refractivity contribution is 14.1. The fourth-order valence-electron chi connectivity index (χ4n) is 2.39. The van der Waals surface area contributed by atoms with E-state index in [0.29, 0.717) is 11.1 Å². The lowest BCUT2D eigenvalue weighted by molar-refractivity contribution is 0.0476. The first-order chi connectivity index (χ1) is 11.6. The number of esters is 1. The predicted molar refractivity (Wildman–Crippen MR) is 105 cm³/mol. The Labute approximate surface area is 161 Å². The van der Waals surface area contributed by atoms with Crippen molar-refractivity contribution in [2.24, 2.45) is 0 Å². The highest BCUT2D eigenvalue weighted by Gasteiger charge is 2.15. The van der Waals surface area contributed by atoms with Gasteiger partial charge in [-0.2, -0.15) is 0 Å². The topological polar surface area (TPSA) is 43.4 Å². The predicted octanol–water partition coefficient (Wildman–Crippen LogP) is 5.25. The Morgan fingerprint density at radius 1 is 0.958 bits per heavy atom. The van der Waals surface area contributed by atoms with Crippen LogP contribution in [0.3, 0.4) is 0 Å². The summed E-state index contributed by atoms with van der Waals surface area (Å²) in [7, 11) is 0. The zero-order valence-corrected chi connectivity index (χ0v) is 16.2. The quantitative estimate of drug-likeness (QED) is 0.283. The second-order valence-corrected chi connectivity index (χ2v) is 7.23. The maximum atomic E-state index is 12.4. The Morgan fingerprint density at radius 3 is 2.33 bits per heavy atom. The van der Waals surface area contributed by atoms with Gasteiger partial charge in [-0.05, 0) is 52.2 Å². The third-order valence-electron chi connectivity index (χ3n) is 3.57. The van der Waals surface area contributed by atoms with E-state index in [1.54, 1.807) is 30.3 Å². The number of carbonyl (C=O) groups excluding carboxylic acids is 2. The number of ether oxygens (including phenoxy) is 1. The van der Waals surface area contributed by atoms with Crippen molar-refractivity contribution in [3.05, 3.63) is 79.8 Å². The van der Waals surface area contributed by atoms with Crippen LogP contribution in [0.1, 0.15) is 20.7 Å². The summed E-state index contributed by atoms with van der Waals surface area (Å²) in [5, 5.41) is 1.82. The van der Waals surface area contributed by atoms with Crippen LogP contribution >= 0.6 is 38.5 Å². The first kappa shape index (κ1) is 17.1. The number of halogens is 2. The van der Waals surface area contributed by atoms with E-state index >= 15 is 0 Å². The summed E-state index contributed by atoms with van der Waals surface area (Å²) in [5.41, 5.74) is 0.986. The molecule has 0 saturated carbocycles. The standard InChI is InChI=1S/C19H12BrIO3/c20-14-9-7-12(8-10-14)17(22)11-24-19(23)15-5-1-3-13-4-2-6-16(21)18(13)15/h1-10H,11H2. The SMILES string of the molecule is O=C(COC(=O)c1cccc2cccc(I)c12)c1ccc(Br)cc1. The van der Waals surface area contributed by atoms with Gasteiger partial charge in [-0.25, -0.2) is 4.79 Å². The number of ketones is 1. The molecule has 0 aliphatic carbocycles. The van der Waals surface area contributed by atoms with Gasteiger partial charge in [0.25, 0.3) is 0 Å². The number of carbonyl (C=O) groups is 2. The molecule has 3 rings (SSSR count). The highest BCUT2D eigenvalue weighted by atomic mass is 127. The van der Waals surface area contributed by atoms with Crippen molar-refractivity contribution in [3.8, 4) is 0 Å². The molecule has 0 radical (unpaired) electrons. The minimum atomic E-state index is -0.491. The van der Waals surface area contributed by atoms with Gasteiger partial charge in [0.2, 0.25) is 0 Å². The molecule has 0 amide bonds. The molecule has 3 aromatic rings. The van der Waals surface area contributed by atoms with Crippen LogP contribution < -0.4 is 0 Å². The van der Waals surface area contributed by atoms with Crippen LogP contribution in [0.5, 0.6) is 0 Å². The summed E-state index contributed by atoms with van der Waals surface area (Å²) in [6, 6.07) is 18.3. The zero-order chi connectivity index (χ0) is 17.1. The van der Waals surface area contributed by atoms with Gasteiger partial charge in [0.05, 0.1) is 5.56 Å². The lowest BCUT2D eigenvalue weighted by Gasteiger charge is -2.09. The smallest absolute Gasteiger partial charge is 0.339 e. The summed E-state index contributed by atoms with van der Waals surface area (Å²) >= 11 is 5.51. The number of fused-ring (bicyclic) bond motifs is 1. The molecule has 24 heavy (non-hydrogen) atoms. The minimum absolute atomic E-state index is 0.231. The van der Waals surface area contributed by atoms with Crippen LogP contribution in [0.4, 0.5) is 0 Å². The number of Topliss-reactive ketones (excluding diaryl/α,β-unsaturated/α-hetero) is 1. The van der Waals surface area contributed by atoms with E-state index in [-0.39, 0.29) is 12.4 Å². The fourth-order valence-corrected chi connectivity index (χ4v) is 3.47. The summed E-state index contributed by atoms with van der Waals surface area (Å²) < 4.78 is 7.09. The molecule has 3 nitrogen and oxygen atoms in total. The monoisotopic (exact) mass is 494 g/mol. The second-order valence-electron chi connectivity index (χ2n) is 5.15. The molecule has 0 heterocycles.